The molecule has 0 atom stereocenters. The second-order valence-electron chi connectivity index (χ2n) is 13.6. The van der Waals surface area contributed by atoms with E-state index >= 15 is 0 Å². The Morgan fingerprint density at radius 3 is 1.07 bits per heavy atom. The molecule has 0 spiro atoms. The van der Waals surface area contributed by atoms with Crippen molar-refractivity contribution >= 4 is 62.9 Å². The van der Waals surface area contributed by atoms with Crippen molar-refractivity contribution in [2.45, 2.75) is 0 Å². The van der Waals surface area contributed by atoms with Crippen LogP contribution in [-0.4, -0.2) is 8.07 Å². The molecule has 0 amide bonds. The summed E-state index contributed by atoms with van der Waals surface area (Å²) in [4.78, 5) is 4.55. The van der Waals surface area contributed by atoms with Gasteiger partial charge in [0.2, 0.25) is 0 Å². The summed E-state index contributed by atoms with van der Waals surface area (Å²) in [5.74, 6) is 0. The van der Waals surface area contributed by atoms with Gasteiger partial charge in [0.1, 0.15) is 0 Å². The summed E-state index contributed by atoms with van der Waals surface area (Å²) in [6, 6.07) is 77.1. The Morgan fingerprint density at radius 2 is 0.673 bits per heavy atom. The molecule has 0 N–H and O–H groups in total. The standard InChI is InChI=1S/C50H34N4Si/c51-35-37-25-29-41(30-26-37)53(39-13-3-1-4-14-39)43-17-11-19-45(33-43)55(49-23-9-7-21-47(49)48-22-8-10-24-50(48)55)46-20-12-18-44(34-46)54(40-15-5-2-6-16-40)42-31-27-38(36-52)28-32-42/h1-34H. The summed E-state index contributed by atoms with van der Waals surface area (Å²) in [5.41, 5.74) is 9.93. The first-order valence-electron chi connectivity index (χ1n) is 18.3. The predicted molar refractivity (Wildman–Crippen MR) is 228 cm³/mol. The van der Waals surface area contributed by atoms with Gasteiger partial charge in [0.05, 0.1) is 23.3 Å². The maximum atomic E-state index is 9.59. The fraction of sp³-hybridized carbons (Fsp3) is 0. The highest BCUT2D eigenvalue weighted by atomic mass is 28.3. The second-order valence-corrected chi connectivity index (χ2v) is 17.3. The van der Waals surface area contributed by atoms with Crippen LogP contribution < -0.4 is 30.5 Å². The lowest BCUT2D eigenvalue weighted by molar-refractivity contribution is 1.28. The molecule has 55 heavy (non-hydrogen) atoms. The van der Waals surface area contributed by atoms with Crippen LogP contribution in [0.25, 0.3) is 11.1 Å². The molecule has 8 aromatic carbocycles. The zero-order chi connectivity index (χ0) is 37.2. The van der Waals surface area contributed by atoms with Gasteiger partial charge in [-0.25, -0.2) is 0 Å². The van der Waals surface area contributed by atoms with Gasteiger partial charge in [-0.05, 0) is 129 Å². The maximum Gasteiger partial charge on any atom is 0.181 e. The van der Waals surface area contributed by atoms with Gasteiger partial charge in [-0.3, -0.25) is 0 Å². The molecule has 0 saturated carbocycles. The third kappa shape index (κ3) is 5.77. The van der Waals surface area contributed by atoms with E-state index < -0.39 is 8.07 Å². The van der Waals surface area contributed by atoms with Gasteiger partial charge in [0.15, 0.2) is 8.07 Å². The van der Waals surface area contributed by atoms with E-state index in [1.54, 1.807) is 0 Å². The monoisotopic (exact) mass is 718 g/mol. The van der Waals surface area contributed by atoms with Crippen LogP contribution >= 0.6 is 0 Å². The molecular formula is C50H34N4Si. The molecule has 5 heteroatoms. The lowest BCUT2D eigenvalue weighted by atomic mass is 10.1. The number of nitriles is 2. The molecule has 0 saturated heterocycles. The molecule has 4 nitrogen and oxygen atoms in total. The molecule has 8 aromatic rings. The van der Waals surface area contributed by atoms with Crippen LogP contribution in [-0.2, 0) is 0 Å². The average molecular weight is 719 g/mol. The first kappa shape index (κ1) is 33.4. The summed E-state index contributed by atoms with van der Waals surface area (Å²) >= 11 is 0. The SMILES string of the molecule is N#Cc1ccc(N(c2ccccc2)c2cccc([Si]3(c4cccc(N(c5ccccc5)c5ccc(C#N)cc5)c4)c4ccccc4-c4ccccc43)c2)cc1. The molecule has 0 bridgehead atoms. The van der Waals surface area contributed by atoms with Crippen LogP contribution in [0.2, 0.25) is 0 Å². The van der Waals surface area contributed by atoms with E-state index in [9.17, 15) is 10.5 Å². The highest BCUT2D eigenvalue weighted by Gasteiger charge is 2.49. The van der Waals surface area contributed by atoms with Crippen molar-refractivity contribution in [3.05, 3.63) is 217 Å². The fourth-order valence-corrected chi connectivity index (χ4v) is 13.4. The smallest absolute Gasteiger partial charge is 0.181 e. The van der Waals surface area contributed by atoms with Crippen molar-refractivity contribution in [1.82, 2.24) is 0 Å². The summed E-state index contributed by atoms with van der Waals surface area (Å²) in [5, 5.41) is 24.4. The molecule has 0 aromatic heterocycles. The Labute approximate surface area is 322 Å². The van der Waals surface area contributed by atoms with Crippen LogP contribution in [0.4, 0.5) is 34.1 Å². The number of para-hydroxylation sites is 2. The molecule has 1 heterocycles. The predicted octanol–water partition coefficient (Wildman–Crippen LogP) is 9.73. The minimum absolute atomic E-state index is 0.626. The molecule has 9 rings (SSSR count). The van der Waals surface area contributed by atoms with Gasteiger partial charge < -0.3 is 9.80 Å². The molecule has 0 aliphatic carbocycles. The molecule has 0 fully saturated rings. The van der Waals surface area contributed by atoms with E-state index in [2.05, 4.69) is 168 Å². The zero-order valence-corrected chi connectivity index (χ0v) is 30.9. The topological polar surface area (TPSA) is 54.1 Å². The first-order chi connectivity index (χ1) is 27.2. The quantitative estimate of drug-likeness (QED) is 0.147. The Hall–Kier alpha value is -7.44. The van der Waals surface area contributed by atoms with E-state index in [0.29, 0.717) is 11.1 Å². The van der Waals surface area contributed by atoms with Crippen LogP contribution in [0.15, 0.2) is 206 Å². The lowest BCUT2D eigenvalue weighted by Gasteiger charge is -2.34. The molecule has 1 aliphatic rings. The van der Waals surface area contributed by atoms with E-state index in [0.717, 1.165) is 34.1 Å². The maximum absolute atomic E-state index is 9.59. The van der Waals surface area contributed by atoms with Crippen LogP contribution in [0.5, 0.6) is 0 Å². The Morgan fingerprint density at radius 1 is 0.327 bits per heavy atom. The van der Waals surface area contributed by atoms with E-state index in [1.165, 1.54) is 31.9 Å². The number of rotatable bonds is 8. The van der Waals surface area contributed by atoms with Crippen LogP contribution in [0.3, 0.4) is 0 Å². The first-order valence-corrected chi connectivity index (χ1v) is 20.3. The van der Waals surface area contributed by atoms with Gasteiger partial charge in [-0.1, -0.05) is 109 Å². The minimum Gasteiger partial charge on any atom is -0.311 e. The van der Waals surface area contributed by atoms with Crippen molar-refractivity contribution < 1.29 is 0 Å². The van der Waals surface area contributed by atoms with E-state index in [1.807, 2.05) is 60.7 Å². The lowest BCUT2D eigenvalue weighted by Crippen LogP contribution is -2.72. The van der Waals surface area contributed by atoms with Crippen molar-refractivity contribution in [2.75, 3.05) is 9.80 Å². The average Bonchev–Trinajstić information content (AvgIpc) is 3.56. The number of hydrogen-bond acceptors (Lipinski definition) is 4. The van der Waals surface area contributed by atoms with Gasteiger partial charge in [0.25, 0.3) is 0 Å². The van der Waals surface area contributed by atoms with E-state index in [-0.39, 0.29) is 0 Å². The molecule has 0 radical (unpaired) electrons. The minimum atomic E-state index is -2.95. The van der Waals surface area contributed by atoms with Gasteiger partial charge >= 0.3 is 0 Å². The van der Waals surface area contributed by atoms with Crippen molar-refractivity contribution in [1.29, 1.82) is 10.5 Å². The largest absolute Gasteiger partial charge is 0.311 e. The zero-order valence-electron chi connectivity index (χ0n) is 29.9. The summed E-state index contributed by atoms with van der Waals surface area (Å²) in [7, 11) is -2.95. The number of nitrogens with zero attached hydrogens (tertiary/aromatic N) is 4. The number of hydrogen-bond donors (Lipinski definition) is 0. The van der Waals surface area contributed by atoms with Crippen LogP contribution in [0.1, 0.15) is 11.1 Å². The fourth-order valence-electron chi connectivity index (χ4n) is 8.20. The number of benzene rings is 8. The Balaban J connectivity index is 1.30. The summed E-state index contributed by atoms with van der Waals surface area (Å²) < 4.78 is 0. The highest BCUT2D eigenvalue weighted by Crippen LogP contribution is 2.37. The van der Waals surface area contributed by atoms with Crippen molar-refractivity contribution in [3.8, 4) is 23.3 Å². The molecular weight excluding hydrogens is 685 g/mol. The molecule has 258 valence electrons. The number of anilines is 6. The van der Waals surface area contributed by atoms with E-state index in [4.69, 9.17) is 0 Å². The summed E-state index contributed by atoms with van der Waals surface area (Å²) in [6.07, 6.45) is 0. The number of fused-ring (bicyclic) bond motifs is 3. The molecule has 1 aliphatic heterocycles. The summed E-state index contributed by atoms with van der Waals surface area (Å²) in [6.45, 7) is 0. The van der Waals surface area contributed by atoms with Gasteiger partial charge in [0, 0.05) is 34.1 Å². The normalized spacial score (nSPS) is 12.1. The third-order valence-corrected chi connectivity index (χ3v) is 15.4. The second kappa shape index (κ2) is 14.2. The van der Waals surface area contributed by atoms with Crippen molar-refractivity contribution in [3.63, 3.8) is 0 Å². The highest BCUT2D eigenvalue weighted by molar-refractivity contribution is 7.22. The third-order valence-electron chi connectivity index (χ3n) is 10.6. The van der Waals surface area contributed by atoms with Gasteiger partial charge in [-0.2, -0.15) is 10.5 Å². The Kier molecular flexibility index (Phi) is 8.61. The molecule has 0 unspecified atom stereocenters. The van der Waals surface area contributed by atoms with Crippen LogP contribution in [0, 0.1) is 22.7 Å². The van der Waals surface area contributed by atoms with Gasteiger partial charge in [-0.15, -0.1) is 0 Å². The Bertz CT molecular complexity index is 2540. The van der Waals surface area contributed by atoms with Crippen molar-refractivity contribution in [2.24, 2.45) is 0 Å².